The van der Waals surface area contributed by atoms with Gasteiger partial charge in [-0.2, -0.15) is 0 Å². The van der Waals surface area contributed by atoms with Gasteiger partial charge in [-0.1, -0.05) is 57.8 Å². The molecule has 2 heteroatoms. The molecule has 0 aliphatic rings. The topological polar surface area (TPSA) is 45.9 Å². The first-order valence-corrected chi connectivity index (χ1v) is 6.70. The van der Waals surface area contributed by atoms with E-state index in [-0.39, 0.29) is 6.61 Å². The van der Waals surface area contributed by atoms with Crippen molar-refractivity contribution in [2.75, 3.05) is 13.2 Å². The lowest BCUT2D eigenvalue weighted by molar-refractivity contribution is 0.186. The van der Waals surface area contributed by atoms with Gasteiger partial charge < -0.3 is 5.73 Å². The highest BCUT2D eigenvalue weighted by atomic mass is 16.2. The highest BCUT2D eigenvalue weighted by molar-refractivity contribution is 4.48. The lowest BCUT2D eigenvalue weighted by Gasteiger charge is -2.01. The van der Waals surface area contributed by atoms with Crippen molar-refractivity contribution >= 4 is 0 Å². The summed E-state index contributed by atoms with van der Waals surface area (Å²) < 4.78 is 0. The molecule has 0 saturated carbocycles. The first-order chi connectivity index (χ1) is 7.41. The Balaban J connectivity index is 2.81. The van der Waals surface area contributed by atoms with Crippen LogP contribution in [0.4, 0.5) is 0 Å². The van der Waals surface area contributed by atoms with Crippen LogP contribution in [0.25, 0.3) is 0 Å². The Morgan fingerprint density at radius 3 is 1.20 bits per heavy atom. The van der Waals surface area contributed by atoms with Gasteiger partial charge >= 0.3 is 0 Å². The van der Waals surface area contributed by atoms with E-state index in [2.05, 4.69) is 0 Å². The Hall–Kier alpha value is -0.0800. The third-order valence-electron chi connectivity index (χ3n) is 2.85. The van der Waals surface area contributed by atoms with Gasteiger partial charge in [0.2, 0.25) is 0 Å². The molecule has 0 aliphatic heterocycles. The summed E-state index contributed by atoms with van der Waals surface area (Å²) in [6, 6.07) is 0. The molecule has 0 aromatic rings. The molecular formula is C13H28NO. The smallest absolute Gasteiger partial charge is 0.0822 e. The Labute approximate surface area is 95.3 Å². The second-order valence-electron chi connectivity index (χ2n) is 4.38. The predicted molar refractivity (Wildman–Crippen MR) is 65.4 cm³/mol. The van der Waals surface area contributed by atoms with Crippen molar-refractivity contribution in [3.63, 3.8) is 0 Å². The Bertz CT molecular complexity index is 94.7. The molecule has 0 atom stereocenters. The van der Waals surface area contributed by atoms with Crippen LogP contribution in [0.3, 0.4) is 0 Å². The molecule has 0 bridgehead atoms. The highest BCUT2D eigenvalue weighted by Gasteiger charge is 1.92. The molecule has 0 aromatic carbocycles. The molecule has 0 aliphatic carbocycles. The summed E-state index contributed by atoms with van der Waals surface area (Å²) >= 11 is 0. The van der Waals surface area contributed by atoms with Crippen LogP contribution < -0.4 is 5.73 Å². The molecule has 0 aromatic heterocycles. The summed E-state index contributed by atoms with van der Waals surface area (Å²) in [6.07, 6.45) is 13.9. The lowest BCUT2D eigenvalue weighted by Crippen LogP contribution is -1.97. The predicted octanol–water partition coefficient (Wildman–Crippen LogP) is 3.67. The molecule has 2 nitrogen and oxygen atoms in total. The maximum atomic E-state index is 10.2. The maximum Gasteiger partial charge on any atom is 0.0822 e. The van der Waals surface area contributed by atoms with E-state index in [4.69, 9.17) is 5.73 Å². The zero-order valence-electron chi connectivity index (χ0n) is 10.2. The van der Waals surface area contributed by atoms with Gasteiger partial charge in [-0.3, -0.25) is 0 Å². The maximum absolute atomic E-state index is 10.2. The minimum atomic E-state index is 0.112. The molecular weight excluding hydrogens is 186 g/mol. The zero-order valence-corrected chi connectivity index (χ0v) is 10.2. The van der Waals surface area contributed by atoms with Gasteiger partial charge in [0.1, 0.15) is 0 Å². The van der Waals surface area contributed by atoms with Gasteiger partial charge in [0.25, 0.3) is 0 Å². The molecule has 0 amide bonds. The largest absolute Gasteiger partial charge is 0.330 e. The third kappa shape index (κ3) is 13.9. The van der Waals surface area contributed by atoms with E-state index in [0.29, 0.717) is 0 Å². The zero-order chi connectivity index (χ0) is 11.2. The number of hydrogen-bond acceptors (Lipinski definition) is 1. The standard InChI is InChI=1S/C13H28NO/c14-12-10-8-6-4-2-1-3-5-7-9-11-13-15/h1-14H2. The van der Waals surface area contributed by atoms with Crippen molar-refractivity contribution in [2.45, 2.75) is 70.6 Å². The molecule has 1 radical (unpaired) electrons. The van der Waals surface area contributed by atoms with E-state index < -0.39 is 0 Å². The van der Waals surface area contributed by atoms with Crippen molar-refractivity contribution in [2.24, 2.45) is 5.73 Å². The van der Waals surface area contributed by atoms with Gasteiger partial charge in [-0.05, 0) is 19.4 Å². The second-order valence-corrected chi connectivity index (χ2v) is 4.38. The SMILES string of the molecule is NCCCCCCCCCCCCC[O]. The molecule has 0 spiro atoms. The summed E-state index contributed by atoms with van der Waals surface area (Å²) in [5.74, 6) is 0. The van der Waals surface area contributed by atoms with Crippen molar-refractivity contribution in [1.82, 2.24) is 0 Å². The van der Waals surface area contributed by atoms with E-state index in [1.807, 2.05) is 0 Å². The fraction of sp³-hybridized carbons (Fsp3) is 1.00. The summed E-state index contributed by atoms with van der Waals surface area (Å²) in [7, 11) is 0. The fourth-order valence-electron chi connectivity index (χ4n) is 1.84. The van der Waals surface area contributed by atoms with E-state index in [0.717, 1.165) is 19.4 Å². The van der Waals surface area contributed by atoms with Crippen LogP contribution in [0.2, 0.25) is 0 Å². The average molecular weight is 214 g/mol. The van der Waals surface area contributed by atoms with Gasteiger partial charge in [-0.15, -0.1) is 0 Å². The van der Waals surface area contributed by atoms with E-state index in [1.54, 1.807) is 0 Å². The first kappa shape index (κ1) is 14.9. The number of hydrogen-bond donors (Lipinski definition) is 1. The van der Waals surface area contributed by atoms with Crippen LogP contribution in [0.15, 0.2) is 0 Å². The van der Waals surface area contributed by atoms with E-state index in [9.17, 15) is 5.11 Å². The summed E-state index contributed by atoms with van der Waals surface area (Å²) in [6.45, 7) is 0.959. The number of unbranched alkanes of at least 4 members (excludes halogenated alkanes) is 10. The molecule has 0 saturated heterocycles. The van der Waals surface area contributed by atoms with Crippen LogP contribution >= 0.6 is 0 Å². The van der Waals surface area contributed by atoms with Crippen LogP contribution in [-0.4, -0.2) is 13.2 Å². The summed E-state index contributed by atoms with van der Waals surface area (Å²) in [5.41, 5.74) is 5.43. The van der Waals surface area contributed by atoms with Gasteiger partial charge in [-0.25, -0.2) is 5.11 Å². The van der Waals surface area contributed by atoms with Gasteiger partial charge in [0.15, 0.2) is 0 Å². The highest BCUT2D eigenvalue weighted by Crippen LogP contribution is 2.10. The number of nitrogens with two attached hydrogens (primary N) is 1. The van der Waals surface area contributed by atoms with Crippen LogP contribution in [-0.2, 0) is 5.11 Å². The molecule has 15 heavy (non-hydrogen) atoms. The summed E-state index contributed by atoms with van der Waals surface area (Å²) in [5, 5.41) is 10.2. The molecule has 2 N–H and O–H groups in total. The Morgan fingerprint density at radius 1 is 0.533 bits per heavy atom. The molecule has 0 heterocycles. The number of rotatable bonds is 12. The molecule has 0 rings (SSSR count). The Morgan fingerprint density at radius 2 is 0.867 bits per heavy atom. The monoisotopic (exact) mass is 214 g/mol. The van der Waals surface area contributed by atoms with E-state index >= 15 is 0 Å². The quantitative estimate of drug-likeness (QED) is 0.495. The molecule has 91 valence electrons. The minimum absolute atomic E-state index is 0.112. The summed E-state index contributed by atoms with van der Waals surface area (Å²) in [4.78, 5) is 0. The fourth-order valence-corrected chi connectivity index (χ4v) is 1.84. The third-order valence-corrected chi connectivity index (χ3v) is 2.85. The lowest BCUT2D eigenvalue weighted by atomic mass is 10.1. The first-order valence-electron chi connectivity index (χ1n) is 6.70. The van der Waals surface area contributed by atoms with Crippen molar-refractivity contribution in [1.29, 1.82) is 0 Å². The van der Waals surface area contributed by atoms with Crippen LogP contribution in [0, 0.1) is 0 Å². The van der Waals surface area contributed by atoms with E-state index in [1.165, 1.54) is 57.8 Å². The average Bonchev–Trinajstić information content (AvgIpc) is 2.26. The van der Waals surface area contributed by atoms with Crippen molar-refractivity contribution < 1.29 is 5.11 Å². The van der Waals surface area contributed by atoms with Gasteiger partial charge in [0.05, 0.1) is 6.61 Å². The second kappa shape index (κ2) is 13.9. The van der Waals surface area contributed by atoms with Gasteiger partial charge in [0, 0.05) is 0 Å². The van der Waals surface area contributed by atoms with Crippen LogP contribution in [0.1, 0.15) is 70.6 Å². The van der Waals surface area contributed by atoms with Crippen molar-refractivity contribution in [3.05, 3.63) is 0 Å². The minimum Gasteiger partial charge on any atom is -0.330 e. The Kier molecular flexibility index (Phi) is 13.8. The molecule has 0 unspecified atom stereocenters. The molecule has 0 fully saturated rings. The van der Waals surface area contributed by atoms with Crippen LogP contribution in [0.5, 0.6) is 0 Å². The van der Waals surface area contributed by atoms with Crippen molar-refractivity contribution in [3.8, 4) is 0 Å². The normalized spacial score (nSPS) is 10.8.